The number of Topliss-reactive ketones (excluding diaryl/α,β-unsaturated/α-hetero) is 1. The van der Waals surface area contributed by atoms with E-state index in [1.807, 2.05) is 6.92 Å². The van der Waals surface area contributed by atoms with Crippen molar-refractivity contribution in [3.63, 3.8) is 0 Å². The standard InChI is InChI=1S/C13H13BrO3/c1-9-10(5-6-13(16)17)3-2-4-11(9)12(15)7-8-14/h2-6H,7-8H2,1H3,(H,16,17)/b6-5+. The molecule has 1 aromatic rings. The number of halogens is 1. The van der Waals surface area contributed by atoms with Gasteiger partial charge in [0.2, 0.25) is 0 Å². The summed E-state index contributed by atoms with van der Waals surface area (Å²) >= 11 is 3.23. The fourth-order valence-electron chi connectivity index (χ4n) is 1.52. The molecule has 0 aliphatic carbocycles. The number of carboxylic acid groups (broad SMARTS) is 1. The lowest BCUT2D eigenvalue weighted by Gasteiger charge is -2.06. The van der Waals surface area contributed by atoms with E-state index in [1.165, 1.54) is 6.08 Å². The smallest absolute Gasteiger partial charge is 0.328 e. The van der Waals surface area contributed by atoms with E-state index in [0.29, 0.717) is 17.3 Å². The summed E-state index contributed by atoms with van der Waals surface area (Å²) in [5.74, 6) is -0.938. The first-order valence-electron chi connectivity index (χ1n) is 5.16. The fourth-order valence-corrected chi connectivity index (χ4v) is 1.88. The normalized spacial score (nSPS) is 10.7. The molecule has 0 aliphatic heterocycles. The van der Waals surface area contributed by atoms with E-state index in [4.69, 9.17) is 5.11 Å². The van der Waals surface area contributed by atoms with Crippen molar-refractivity contribution in [1.82, 2.24) is 0 Å². The first-order chi connectivity index (χ1) is 8.06. The Kier molecular flexibility index (Phi) is 5.10. The average Bonchev–Trinajstić information content (AvgIpc) is 2.27. The third kappa shape index (κ3) is 3.82. The molecule has 1 rings (SSSR count). The van der Waals surface area contributed by atoms with E-state index < -0.39 is 5.97 Å². The molecule has 0 radical (unpaired) electrons. The van der Waals surface area contributed by atoms with Gasteiger partial charge in [0.15, 0.2) is 5.78 Å². The van der Waals surface area contributed by atoms with E-state index in [1.54, 1.807) is 18.2 Å². The summed E-state index contributed by atoms with van der Waals surface area (Å²) in [6.07, 6.45) is 3.01. The molecule has 0 saturated carbocycles. The Labute approximate surface area is 108 Å². The summed E-state index contributed by atoms with van der Waals surface area (Å²) in [4.78, 5) is 22.2. The van der Waals surface area contributed by atoms with Crippen molar-refractivity contribution in [3.8, 4) is 0 Å². The predicted molar refractivity (Wildman–Crippen MR) is 70.6 cm³/mol. The van der Waals surface area contributed by atoms with Crippen LogP contribution in [-0.4, -0.2) is 22.2 Å². The van der Waals surface area contributed by atoms with Crippen molar-refractivity contribution >= 4 is 33.8 Å². The Morgan fingerprint density at radius 2 is 2.12 bits per heavy atom. The molecule has 1 N–H and O–H groups in total. The van der Waals surface area contributed by atoms with Crippen LogP contribution in [0.3, 0.4) is 0 Å². The van der Waals surface area contributed by atoms with Gasteiger partial charge in [-0.05, 0) is 24.1 Å². The number of benzene rings is 1. The van der Waals surface area contributed by atoms with Crippen molar-refractivity contribution in [3.05, 3.63) is 41.0 Å². The minimum atomic E-state index is -0.999. The maximum absolute atomic E-state index is 11.8. The van der Waals surface area contributed by atoms with Crippen LogP contribution in [0.15, 0.2) is 24.3 Å². The molecule has 0 unspecified atom stereocenters. The van der Waals surface area contributed by atoms with Gasteiger partial charge in [-0.25, -0.2) is 4.79 Å². The van der Waals surface area contributed by atoms with Gasteiger partial charge in [-0.2, -0.15) is 0 Å². The highest BCUT2D eigenvalue weighted by molar-refractivity contribution is 9.09. The number of ketones is 1. The zero-order chi connectivity index (χ0) is 12.8. The van der Waals surface area contributed by atoms with Gasteiger partial charge in [-0.3, -0.25) is 4.79 Å². The maximum Gasteiger partial charge on any atom is 0.328 e. The first kappa shape index (κ1) is 13.6. The van der Waals surface area contributed by atoms with Gasteiger partial charge in [-0.1, -0.05) is 34.1 Å². The zero-order valence-electron chi connectivity index (χ0n) is 9.44. The third-order valence-corrected chi connectivity index (χ3v) is 2.80. The Morgan fingerprint density at radius 3 is 2.71 bits per heavy atom. The highest BCUT2D eigenvalue weighted by Crippen LogP contribution is 2.17. The SMILES string of the molecule is Cc1c(/C=C/C(=O)O)cccc1C(=O)CCBr. The molecule has 0 heterocycles. The number of hydrogen-bond acceptors (Lipinski definition) is 2. The van der Waals surface area contributed by atoms with Crippen molar-refractivity contribution in [2.24, 2.45) is 0 Å². The van der Waals surface area contributed by atoms with Gasteiger partial charge in [0.1, 0.15) is 0 Å². The summed E-state index contributed by atoms with van der Waals surface area (Å²) in [6.45, 7) is 1.82. The maximum atomic E-state index is 11.8. The minimum Gasteiger partial charge on any atom is -0.478 e. The van der Waals surface area contributed by atoms with E-state index in [2.05, 4.69) is 15.9 Å². The molecular formula is C13H13BrO3. The van der Waals surface area contributed by atoms with Crippen LogP contribution < -0.4 is 0 Å². The molecule has 0 aromatic heterocycles. The van der Waals surface area contributed by atoms with Crippen molar-refractivity contribution < 1.29 is 14.7 Å². The van der Waals surface area contributed by atoms with Crippen LogP contribution in [0.4, 0.5) is 0 Å². The predicted octanol–water partition coefficient (Wildman–Crippen LogP) is 3.06. The largest absolute Gasteiger partial charge is 0.478 e. The van der Waals surface area contributed by atoms with Crippen LogP contribution in [0.25, 0.3) is 6.08 Å². The van der Waals surface area contributed by atoms with E-state index in [0.717, 1.165) is 17.2 Å². The summed E-state index contributed by atoms with van der Waals surface area (Å²) in [7, 11) is 0. The van der Waals surface area contributed by atoms with Crippen LogP contribution in [0.1, 0.15) is 27.9 Å². The van der Waals surface area contributed by atoms with Gasteiger partial charge in [0, 0.05) is 23.4 Å². The van der Waals surface area contributed by atoms with Crippen molar-refractivity contribution in [2.45, 2.75) is 13.3 Å². The highest BCUT2D eigenvalue weighted by atomic mass is 79.9. The number of aliphatic carboxylic acids is 1. The van der Waals surface area contributed by atoms with Crippen LogP contribution in [0.2, 0.25) is 0 Å². The summed E-state index contributed by atoms with van der Waals surface area (Å²) < 4.78 is 0. The molecule has 0 atom stereocenters. The molecule has 4 heteroatoms. The molecule has 90 valence electrons. The van der Waals surface area contributed by atoms with Gasteiger partial charge in [-0.15, -0.1) is 0 Å². The number of rotatable bonds is 5. The highest BCUT2D eigenvalue weighted by Gasteiger charge is 2.09. The lowest BCUT2D eigenvalue weighted by Crippen LogP contribution is -2.03. The molecule has 0 amide bonds. The Hall–Kier alpha value is -1.42. The lowest BCUT2D eigenvalue weighted by molar-refractivity contribution is -0.131. The number of alkyl halides is 1. The quantitative estimate of drug-likeness (QED) is 0.516. The molecular weight excluding hydrogens is 284 g/mol. The Balaban J connectivity index is 3.07. The van der Waals surface area contributed by atoms with E-state index in [9.17, 15) is 9.59 Å². The topological polar surface area (TPSA) is 54.4 Å². The van der Waals surface area contributed by atoms with Gasteiger partial charge < -0.3 is 5.11 Å². The average molecular weight is 297 g/mol. The number of carbonyl (C=O) groups is 2. The number of hydrogen-bond donors (Lipinski definition) is 1. The van der Waals surface area contributed by atoms with Gasteiger partial charge >= 0.3 is 5.97 Å². The van der Waals surface area contributed by atoms with Crippen molar-refractivity contribution in [2.75, 3.05) is 5.33 Å². The Bertz CT molecular complexity index is 464. The molecule has 3 nitrogen and oxygen atoms in total. The van der Waals surface area contributed by atoms with Gasteiger partial charge in [0.05, 0.1) is 0 Å². The van der Waals surface area contributed by atoms with Crippen molar-refractivity contribution in [1.29, 1.82) is 0 Å². The first-order valence-corrected chi connectivity index (χ1v) is 6.28. The fraction of sp³-hybridized carbons (Fsp3) is 0.231. The van der Waals surface area contributed by atoms with Crippen LogP contribution >= 0.6 is 15.9 Å². The number of carboxylic acids is 1. The van der Waals surface area contributed by atoms with E-state index in [-0.39, 0.29) is 5.78 Å². The molecule has 0 aliphatic rings. The molecule has 0 bridgehead atoms. The van der Waals surface area contributed by atoms with E-state index >= 15 is 0 Å². The van der Waals surface area contributed by atoms with Crippen LogP contribution in [0, 0.1) is 6.92 Å². The van der Waals surface area contributed by atoms with Crippen LogP contribution in [0.5, 0.6) is 0 Å². The molecule has 0 fully saturated rings. The second-order valence-corrected chi connectivity index (χ2v) is 4.35. The summed E-state index contributed by atoms with van der Waals surface area (Å²) in [6, 6.07) is 5.31. The second kappa shape index (κ2) is 6.35. The monoisotopic (exact) mass is 296 g/mol. The second-order valence-electron chi connectivity index (χ2n) is 3.55. The lowest BCUT2D eigenvalue weighted by atomic mass is 9.98. The Morgan fingerprint density at radius 1 is 1.41 bits per heavy atom. The minimum absolute atomic E-state index is 0.0601. The molecule has 17 heavy (non-hydrogen) atoms. The number of carbonyl (C=O) groups excluding carboxylic acids is 1. The summed E-state index contributed by atoms with van der Waals surface area (Å²) in [5.41, 5.74) is 2.22. The van der Waals surface area contributed by atoms with Crippen LogP contribution in [-0.2, 0) is 4.79 Å². The molecule has 0 spiro atoms. The molecule has 1 aromatic carbocycles. The third-order valence-electron chi connectivity index (χ3n) is 2.40. The zero-order valence-corrected chi connectivity index (χ0v) is 11.0. The molecule has 0 saturated heterocycles. The summed E-state index contributed by atoms with van der Waals surface area (Å²) in [5, 5.41) is 9.19. The van der Waals surface area contributed by atoms with Gasteiger partial charge in [0.25, 0.3) is 0 Å².